The maximum atomic E-state index is 13.9. The lowest BCUT2D eigenvalue weighted by Crippen LogP contribution is -2.39. The van der Waals surface area contributed by atoms with Crippen molar-refractivity contribution in [2.24, 2.45) is 5.92 Å². The van der Waals surface area contributed by atoms with Gasteiger partial charge in [-0.3, -0.25) is 4.79 Å². The summed E-state index contributed by atoms with van der Waals surface area (Å²) in [6.45, 7) is 3.13. The van der Waals surface area contributed by atoms with Crippen LogP contribution in [0.3, 0.4) is 0 Å². The second-order valence-electron chi connectivity index (χ2n) is 6.88. The van der Waals surface area contributed by atoms with Gasteiger partial charge >= 0.3 is 0 Å². The summed E-state index contributed by atoms with van der Waals surface area (Å²) < 4.78 is 13.9. The summed E-state index contributed by atoms with van der Waals surface area (Å²) >= 11 is 1.79. The lowest BCUT2D eigenvalue weighted by atomic mass is 9.92. The van der Waals surface area contributed by atoms with Gasteiger partial charge in [-0.1, -0.05) is 0 Å². The molecule has 25 heavy (non-hydrogen) atoms. The Labute approximate surface area is 151 Å². The smallest absolute Gasteiger partial charge is 0.223 e. The molecule has 6 heteroatoms. The fourth-order valence-electron chi connectivity index (χ4n) is 3.80. The first kappa shape index (κ1) is 16.5. The summed E-state index contributed by atoms with van der Waals surface area (Å²) in [6.07, 6.45) is 5.05. The molecule has 4 rings (SSSR count). The Kier molecular flexibility index (Phi) is 4.70. The number of amides is 1. The van der Waals surface area contributed by atoms with Crippen molar-refractivity contribution >= 4 is 23.1 Å². The molecule has 1 amide bonds. The molecule has 0 saturated carbocycles. The fourth-order valence-corrected chi connectivity index (χ4v) is 4.69. The van der Waals surface area contributed by atoms with E-state index < -0.39 is 0 Å². The zero-order chi connectivity index (χ0) is 17.2. The Morgan fingerprint density at radius 3 is 2.92 bits per heavy atom. The van der Waals surface area contributed by atoms with Gasteiger partial charge in [-0.25, -0.2) is 9.37 Å². The van der Waals surface area contributed by atoms with E-state index in [4.69, 9.17) is 0 Å². The molecule has 0 N–H and O–H groups in total. The van der Waals surface area contributed by atoms with E-state index in [-0.39, 0.29) is 11.7 Å². The summed E-state index contributed by atoms with van der Waals surface area (Å²) in [7, 11) is 0. The predicted octanol–water partition coefficient (Wildman–Crippen LogP) is 3.47. The monoisotopic (exact) mass is 359 g/mol. The molecule has 4 nitrogen and oxygen atoms in total. The first-order valence-corrected chi connectivity index (χ1v) is 9.77. The van der Waals surface area contributed by atoms with Gasteiger partial charge in [0, 0.05) is 43.7 Å². The summed E-state index contributed by atoms with van der Waals surface area (Å²) in [6, 6.07) is 5.20. The van der Waals surface area contributed by atoms with Crippen LogP contribution in [-0.2, 0) is 17.8 Å². The van der Waals surface area contributed by atoms with Crippen LogP contribution in [0.5, 0.6) is 0 Å². The molecule has 0 radical (unpaired) electrons. The SMILES string of the molecule is O=C(CC1CCN(c2ncccc2F)CC1)N1CCc2sccc2C1. The van der Waals surface area contributed by atoms with Crippen LogP contribution in [0.2, 0.25) is 0 Å². The van der Waals surface area contributed by atoms with Gasteiger partial charge < -0.3 is 9.80 Å². The number of nitrogens with zero attached hydrogens (tertiary/aromatic N) is 3. The van der Waals surface area contributed by atoms with Crippen molar-refractivity contribution in [1.82, 2.24) is 9.88 Å². The van der Waals surface area contributed by atoms with Gasteiger partial charge in [0.05, 0.1) is 0 Å². The van der Waals surface area contributed by atoms with E-state index in [0.717, 1.165) is 45.4 Å². The van der Waals surface area contributed by atoms with E-state index >= 15 is 0 Å². The van der Waals surface area contributed by atoms with E-state index in [1.54, 1.807) is 23.6 Å². The van der Waals surface area contributed by atoms with Gasteiger partial charge in [0.1, 0.15) is 0 Å². The number of pyridine rings is 1. The largest absolute Gasteiger partial charge is 0.354 e. The lowest BCUT2D eigenvalue weighted by molar-refractivity contribution is -0.133. The van der Waals surface area contributed by atoms with Gasteiger partial charge in [-0.15, -0.1) is 11.3 Å². The molecule has 0 unspecified atom stereocenters. The maximum absolute atomic E-state index is 13.9. The fraction of sp³-hybridized carbons (Fsp3) is 0.474. The molecule has 132 valence electrons. The standard InChI is InChI=1S/C19H22FN3OS/c20-16-2-1-7-21-19(16)22-8-3-14(4-9-22)12-18(24)23-10-5-17-15(13-23)6-11-25-17/h1-2,6-7,11,14H,3-5,8-10,12-13H2. The van der Waals surface area contributed by atoms with Crippen LogP contribution in [0.15, 0.2) is 29.8 Å². The molecular formula is C19H22FN3OS. The average Bonchev–Trinajstić information content (AvgIpc) is 3.10. The van der Waals surface area contributed by atoms with Crippen LogP contribution in [0, 0.1) is 11.7 Å². The van der Waals surface area contributed by atoms with Crippen molar-refractivity contribution in [3.8, 4) is 0 Å². The van der Waals surface area contributed by atoms with Crippen molar-refractivity contribution in [3.63, 3.8) is 0 Å². The highest BCUT2D eigenvalue weighted by Crippen LogP contribution is 2.28. The highest BCUT2D eigenvalue weighted by molar-refractivity contribution is 7.10. The van der Waals surface area contributed by atoms with E-state index in [2.05, 4.69) is 16.4 Å². The van der Waals surface area contributed by atoms with Gasteiger partial charge in [0.15, 0.2) is 11.6 Å². The van der Waals surface area contributed by atoms with Crippen molar-refractivity contribution in [3.05, 3.63) is 46.0 Å². The average molecular weight is 359 g/mol. The Balaban J connectivity index is 1.30. The number of halogens is 1. The molecule has 0 bridgehead atoms. The number of hydrogen-bond donors (Lipinski definition) is 0. The van der Waals surface area contributed by atoms with E-state index in [1.165, 1.54) is 16.5 Å². The third-order valence-electron chi connectivity index (χ3n) is 5.28. The van der Waals surface area contributed by atoms with Crippen LogP contribution in [0.4, 0.5) is 10.2 Å². The van der Waals surface area contributed by atoms with Crippen LogP contribution < -0.4 is 4.90 Å². The summed E-state index contributed by atoms with van der Waals surface area (Å²) in [5, 5.41) is 2.12. The van der Waals surface area contributed by atoms with E-state index in [0.29, 0.717) is 18.2 Å². The lowest BCUT2D eigenvalue weighted by Gasteiger charge is -2.34. The minimum Gasteiger partial charge on any atom is -0.354 e. The number of piperidine rings is 1. The Hall–Kier alpha value is -1.95. The Morgan fingerprint density at radius 2 is 2.12 bits per heavy atom. The highest BCUT2D eigenvalue weighted by Gasteiger charge is 2.27. The molecule has 4 heterocycles. The normalized spacial score (nSPS) is 18.3. The Morgan fingerprint density at radius 1 is 1.28 bits per heavy atom. The zero-order valence-electron chi connectivity index (χ0n) is 14.2. The summed E-state index contributed by atoms with van der Waals surface area (Å²) in [5.41, 5.74) is 1.31. The number of hydrogen-bond acceptors (Lipinski definition) is 4. The second-order valence-corrected chi connectivity index (χ2v) is 7.88. The molecule has 2 aromatic rings. The molecule has 2 aliphatic rings. The molecule has 0 atom stereocenters. The summed E-state index contributed by atoms with van der Waals surface area (Å²) in [5.74, 6) is 0.823. The predicted molar refractivity (Wildman–Crippen MR) is 97.2 cm³/mol. The van der Waals surface area contributed by atoms with Crippen molar-refractivity contribution in [2.45, 2.75) is 32.2 Å². The quantitative estimate of drug-likeness (QED) is 0.842. The van der Waals surface area contributed by atoms with E-state index in [9.17, 15) is 9.18 Å². The van der Waals surface area contributed by atoms with E-state index in [1.807, 2.05) is 9.80 Å². The molecule has 2 aromatic heterocycles. The molecule has 2 aliphatic heterocycles. The topological polar surface area (TPSA) is 36.4 Å². The molecule has 0 aromatic carbocycles. The minimum atomic E-state index is -0.267. The molecule has 1 fully saturated rings. The van der Waals surface area contributed by atoms with Gasteiger partial charge in [-0.2, -0.15) is 0 Å². The highest BCUT2D eigenvalue weighted by atomic mass is 32.1. The van der Waals surface area contributed by atoms with Crippen LogP contribution in [0.1, 0.15) is 29.7 Å². The van der Waals surface area contributed by atoms with Crippen LogP contribution in [0.25, 0.3) is 0 Å². The maximum Gasteiger partial charge on any atom is 0.223 e. The first-order chi connectivity index (χ1) is 12.2. The number of fused-ring (bicyclic) bond motifs is 1. The van der Waals surface area contributed by atoms with Crippen molar-refractivity contribution < 1.29 is 9.18 Å². The van der Waals surface area contributed by atoms with Crippen molar-refractivity contribution in [1.29, 1.82) is 0 Å². The molecule has 1 saturated heterocycles. The third-order valence-corrected chi connectivity index (χ3v) is 6.30. The Bertz CT molecular complexity index is 755. The summed E-state index contributed by atoms with van der Waals surface area (Å²) in [4.78, 5) is 22.2. The van der Waals surface area contributed by atoms with Gasteiger partial charge in [0.25, 0.3) is 0 Å². The number of carbonyl (C=O) groups excluding carboxylic acids is 1. The van der Waals surface area contributed by atoms with Gasteiger partial charge in [0.2, 0.25) is 5.91 Å². The molecule has 0 aliphatic carbocycles. The number of carbonyl (C=O) groups is 1. The second kappa shape index (κ2) is 7.12. The van der Waals surface area contributed by atoms with Crippen molar-refractivity contribution in [2.75, 3.05) is 24.5 Å². The number of rotatable bonds is 3. The first-order valence-electron chi connectivity index (χ1n) is 8.89. The number of aromatic nitrogens is 1. The van der Waals surface area contributed by atoms with Crippen LogP contribution >= 0.6 is 11.3 Å². The number of thiophene rings is 1. The van der Waals surface area contributed by atoms with Gasteiger partial charge in [-0.05, 0) is 54.3 Å². The molecule has 0 spiro atoms. The minimum absolute atomic E-state index is 0.263. The number of anilines is 1. The van der Waals surface area contributed by atoms with Crippen LogP contribution in [-0.4, -0.2) is 35.4 Å². The zero-order valence-corrected chi connectivity index (χ0v) is 15.0. The third kappa shape index (κ3) is 3.54. The molecular weight excluding hydrogens is 337 g/mol.